The van der Waals surface area contributed by atoms with Crippen LogP contribution in [0.2, 0.25) is 5.02 Å². The molecular weight excluding hydrogens is 238 g/mol. The summed E-state index contributed by atoms with van der Waals surface area (Å²) in [5.41, 5.74) is 3.91. The van der Waals surface area contributed by atoms with Gasteiger partial charge >= 0.3 is 0 Å². The quantitative estimate of drug-likeness (QED) is 0.485. The fourth-order valence-electron chi connectivity index (χ4n) is 1.42. The number of hydrogen-bond acceptors (Lipinski definition) is 3. The van der Waals surface area contributed by atoms with Gasteiger partial charge in [-0.25, -0.2) is 10.8 Å². The van der Waals surface area contributed by atoms with Crippen molar-refractivity contribution in [2.45, 2.75) is 0 Å². The van der Waals surface area contributed by atoms with Gasteiger partial charge in [-0.05, 0) is 24.3 Å². The lowest BCUT2D eigenvalue weighted by atomic mass is 10.1. The van der Waals surface area contributed by atoms with Crippen molar-refractivity contribution in [2.24, 2.45) is 5.84 Å². The van der Waals surface area contributed by atoms with Gasteiger partial charge in [0.2, 0.25) is 0 Å². The van der Waals surface area contributed by atoms with Gasteiger partial charge in [0.25, 0.3) is 5.91 Å². The average Bonchev–Trinajstić information content (AvgIpc) is 2.39. The highest BCUT2D eigenvalue weighted by molar-refractivity contribution is 6.30. The van der Waals surface area contributed by atoms with E-state index in [0.717, 1.165) is 5.56 Å². The monoisotopic (exact) mass is 247 g/mol. The van der Waals surface area contributed by atoms with E-state index in [1.165, 1.54) is 0 Å². The summed E-state index contributed by atoms with van der Waals surface area (Å²) in [7, 11) is 0. The van der Waals surface area contributed by atoms with Crippen molar-refractivity contribution < 1.29 is 4.79 Å². The number of nitrogens with zero attached hydrogens (tertiary/aromatic N) is 1. The summed E-state index contributed by atoms with van der Waals surface area (Å²) in [4.78, 5) is 15.5. The number of nitrogen functional groups attached to an aromatic ring is 1. The molecule has 0 spiro atoms. The number of nitrogens with two attached hydrogens (primary N) is 1. The lowest BCUT2D eigenvalue weighted by molar-refractivity contribution is 0.0949. The Balaban J connectivity index is 2.39. The highest BCUT2D eigenvalue weighted by Gasteiger charge is 2.06. The third-order valence-electron chi connectivity index (χ3n) is 2.25. The highest BCUT2D eigenvalue weighted by atomic mass is 35.5. The van der Waals surface area contributed by atoms with E-state index >= 15 is 0 Å². The van der Waals surface area contributed by atoms with Crippen LogP contribution in [0.1, 0.15) is 10.5 Å². The Morgan fingerprint density at radius 1 is 1.18 bits per heavy atom. The van der Waals surface area contributed by atoms with Crippen LogP contribution in [0.15, 0.2) is 42.5 Å². The number of hydrazine groups is 1. The van der Waals surface area contributed by atoms with Crippen LogP contribution in [0.4, 0.5) is 0 Å². The number of aromatic nitrogens is 1. The van der Waals surface area contributed by atoms with Crippen molar-refractivity contribution in [1.29, 1.82) is 0 Å². The van der Waals surface area contributed by atoms with Crippen LogP contribution < -0.4 is 11.3 Å². The molecule has 0 aliphatic rings. The summed E-state index contributed by atoms with van der Waals surface area (Å²) in [5.74, 6) is 4.64. The van der Waals surface area contributed by atoms with Crippen molar-refractivity contribution in [1.82, 2.24) is 10.4 Å². The number of benzene rings is 1. The fraction of sp³-hybridized carbons (Fsp3) is 0. The van der Waals surface area contributed by atoms with E-state index in [4.69, 9.17) is 17.4 Å². The molecule has 4 nitrogen and oxygen atoms in total. The van der Waals surface area contributed by atoms with Crippen LogP contribution in [0.3, 0.4) is 0 Å². The second kappa shape index (κ2) is 4.95. The van der Waals surface area contributed by atoms with E-state index in [0.29, 0.717) is 10.7 Å². The minimum absolute atomic E-state index is 0.278. The summed E-state index contributed by atoms with van der Waals surface area (Å²) < 4.78 is 0. The highest BCUT2D eigenvalue weighted by Crippen LogP contribution is 2.19. The van der Waals surface area contributed by atoms with Crippen molar-refractivity contribution in [3.63, 3.8) is 0 Å². The maximum absolute atomic E-state index is 11.3. The van der Waals surface area contributed by atoms with Gasteiger partial charge in [0.05, 0.1) is 5.69 Å². The molecular formula is C12H10ClN3O. The molecule has 0 saturated heterocycles. The van der Waals surface area contributed by atoms with Gasteiger partial charge in [0, 0.05) is 10.6 Å². The largest absolute Gasteiger partial charge is 0.289 e. The van der Waals surface area contributed by atoms with E-state index in [9.17, 15) is 4.79 Å². The van der Waals surface area contributed by atoms with E-state index < -0.39 is 5.91 Å². The van der Waals surface area contributed by atoms with Gasteiger partial charge in [0.15, 0.2) is 0 Å². The predicted molar refractivity (Wildman–Crippen MR) is 66.3 cm³/mol. The van der Waals surface area contributed by atoms with Gasteiger partial charge in [-0.15, -0.1) is 0 Å². The third kappa shape index (κ3) is 2.61. The Kier molecular flexibility index (Phi) is 3.37. The summed E-state index contributed by atoms with van der Waals surface area (Å²) in [6.45, 7) is 0. The molecule has 1 amide bonds. The first kappa shape index (κ1) is 11.6. The van der Waals surface area contributed by atoms with Crippen LogP contribution in [0.5, 0.6) is 0 Å². The Labute approximate surface area is 103 Å². The Morgan fingerprint density at radius 3 is 2.53 bits per heavy atom. The Hall–Kier alpha value is -1.91. The molecule has 0 bridgehead atoms. The van der Waals surface area contributed by atoms with E-state index in [-0.39, 0.29) is 5.69 Å². The number of carbonyl (C=O) groups is 1. The normalized spacial score (nSPS) is 10.0. The number of amides is 1. The molecule has 1 aromatic heterocycles. The average molecular weight is 248 g/mol. The zero-order valence-electron chi connectivity index (χ0n) is 8.85. The zero-order valence-corrected chi connectivity index (χ0v) is 9.61. The number of hydrogen-bond donors (Lipinski definition) is 2. The molecule has 2 rings (SSSR count). The molecule has 0 radical (unpaired) electrons. The maximum atomic E-state index is 11.3. The number of halogens is 1. The first-order chi connectivity index (χ1) is 8.20. The molecule has 0 saturated carbocycles. The molecule has 1 aromatic carbocycles. The second-order valence-corrected chi connectivity index (χ2v) is 3.82. The Bertz CT molecular complexity index is 540. The van der Waals surface area contributed by atoms with E-state index in [1.807, 2.05) is 23.6 Å². The Morgan fingerprint density at radius 2 is 1.88 bits per heavy atom. The minimum Gasteiger partial charge on any atom is -0.289 e. The number of rotatable bonds is 2. The van der Waals surface area contributed by atoms with Crippen molar-refractivity contribution in [2.75, 3.05) is 0 Å². The molecule has 3 N–H and O–H groups in total. The van der Waals surface area contributed by atoms with Gasteiger partial charge in [-0.3, -0.25) is 10.2 Å². The topological polar surface area (TPSA) is 68.0 Å². The van der Waals surface area contributed by atoms with E-state index in [1.54, 1.807) is 24.3 Å². The first-order valence-electron chi connectivity index (χ1n) is 4.94. The molecule has 0 aliphatic carbocycles. The SMILES string of the molecule is NNC(=O)c1cccc(-c2ccc(Cl)cc2)n1. The van der Waals surface area contributed by atoms with Crippen LogP contribution in [0.25, 0.3) is 11.3 Å². The zero-order chi connectivity index (χ0) is 12.3. The lowest BCUT2D eigenvalue weighted by Gasteiger charge is -2.03. The number of carbonyl (C=O) groups excluding carboxylic acids is 1. The van der Waals surface area contributed by atoms with Crippen LogP contribution >= 0.6 is 11.6 Å². The standard InChI is InChI=1S/C12H10ClN3O/c13-9-6-4-8(5-7-9)10-2-1-3-11(15-10)12(17)16-14/h1-7H,14H2,(H,16,17). The van der Waals surface area contributed by atoms with Crippen molar-refractivity contribution in [3.8, 4) is 11.3 Å². The van der Waals surface area contributed by atoms with Crippen molar-refractivity contribution >= 4 is 17.5 Å². The van der Waals surface area contributed by atoms with Gasteiger partial charge in [0.1, 0.15) is 5.69 Å². The molecule has 1 heterocycles. The first-order valence-corrected chi connectivity index (χ1v) is 5.32. The molecule has 17 heavy (non-hydrogen) atoms. The molecule has 0 fully saturated rings. The predicted octanol–water partition coefficient (Wildman–Crippen LogP) is 2.01. The van der Waals surface area contributed by atoms with Gasteiger partial charge in [-0.1, -0.05) is 29.8 Å². The molecule has 5 heteroatoms. The van der Waals surface area contributed by atoms with Crippen molar-refractivity contribution in [3.05, 3.63) is 53.2 Å². The maximum Gasteiger partial charge on any atom is 0.283 e. The van der Waals surface area contributed by atoms with Crippen LogP contribution in [-0.2, 0) is 0 Å². The summed E-state index contributed by atoms with van der Waals surface area (Å²) >= 11 is 5.80. The lowest BCUT2D eigenvalue weighted by Crippen LogP contribution is -2.30. The molecule has 0 unspecified atom stereocenters. The van der Waals surface area contributed by atoms with Crippen LogP contribution in [0, 0.1) is 0 Å². The molecule has 86 valence electrons. The molecule has 2 aromatic rings. The third-order valence-corrected chi connectivity index (χ3v) is 2.50. The summed E-state index contributed by atoms with van der Waals surface area (Å²) in [5, 5.41) is 0.657. The minimum atomic E-state index is -0.416. The number of nitrogens with one attached hydrogen (secondary N) is 1. The fourth-order valence-corrected chi connectivity index (χ4v) is 1.54. The smallest absolute Gasteiger partial charge is 0.283 e. The molecule has 0 aliphatic heterocycles. The second-order valence-electron chi connectivity index (χ2n) is 3.39. The van der Waals surface area contributed by atoms with Gasteiger partial charge in [-0.2, -0.15) is 0 Å². The van der Waals surface area contributed by atoms with Crippen LogP contribution in [-0.4, -0.2) is 10.9 Å². The molecule has 0 atom stereocenters. The summed E-state index contributed by atoms with van der Waals surface area (Å²) in [6.07, 6.45) is 0. The van der Waals surface area contributed by atoms with E-state index in [2.05, 4.69) is 4.98 Å². The summed E-state index contributed by atoms with van der Waals surface area (Å²) in [6, 6.07) is 12.4. The number of pyridine rings is 1. The van der Waals surface area contributed by atoms with Gasteiger partial charge < -0.3 is 0 Å².